The molecule has 0 bridgehead atoms. The van der Waals surface area contributed by atoms with E-state index in [2.05, 4.69) is 5.32 Å². The second-order valence-corrected chi connectivity index (χ2v) is 6.58. The summed E-state index contributed by atoms with van der Waals surface area (Å²) in [5, 5.41) is 13.7. The summed E-state index contributed by atoms with van der Waals surface area (Å²) in [5.41, 5.74) is 1.98. The molecule has 1 aliphatic rings. The molecule has 0 radical (unpaired) electrons. The van der Waals surface area contributed by atoms with Crippen LogP contribution < -0.4 is 10.9 Å². The summed E-state index contributed by atoms with van der Waals surface area (Å²) in [5.74, 6) is 0. The van der Waals surface area contributed by atoms with Crippen LogP contribution in [-0.2, 0) is 13.6 Å². The van der Waals surface area contributed by atoms with E-state index in [1.165, 1.54) is 0 Å². The third-order valence-electron chi connectivity index (χ3n) is 4.96. The molecule has 3 rings (SSSR count). The zero-order valence-corrected chi connectivity index (χ0v) is 13.9. The van der Waals surface area contributed by atoms with Gasteiger partial charge in [0.2, 0.25) is 0 Å². The predicted octanol–water partition coefficient (Wildman–Crippen LogP) is 1.88. The average molecular weight is 315 g/mol. The zero-order valence-electron chi connectivity index (χ0n) is 13.9. The smallest absolute Gasteiger partial charge is 0.276 e. The maximum absolute atomic E-state index is 12.8. The summed E-state index contributed by atoms with van der Waals surface area (Å²) in [4.78, 5) is 12.8. The lowest BCUT2D eigenvalue weighted by Gasteiger charge is -2.22. The lowest BCUT2D eigenvalue weighted by Crippen LogP contribution is -2.38. The van der Waals surface area contributed by atoms with Crippen LogP contribution in [0.3, 0.4) is 0 Å². The number of benzene rings is 1. The van der Waals surface area contributed by atoms with Crippen LogP contribution in [0, 0.1) is 6.92 Å². The molecule has 124 valence electrons. The maximum Gasteiger partial charge on any atom is 0.276 e. The largest absolute Gasteiger partial charge is 0.389 e. The molecule has 0 atom stereocenters. The molecular formula is C18H25N3O2. The van der Waals surface area contributed by atoms with Crippen LogP contribution in [0.1, 0.15) is 36.9 Å². The number of rotatable bonds is 5. The van der Waals surface area contributed by atoms with Gasteiger partial charge in [0.1, 0.15) is 0 Å². The van der Waals surface area contributed by atoms with E-state index in [-0.39, 0.29) is 5.56 Å². The van der Waals surface area contributed by atoms with E-state index >= 15 is 0 Å². The molecule has 5 nitrogen and oxygen atoms in total. The van der Waals surface area contributed by atoms with Crippen molar-refractivity contribution in [1.82, 2.24) is 14.7 Å². The van der Waals surface area contributed by atoms with Crippen LogP contribution in [0.15, 0.2) is 35.1 Å². The lowest BCUT2D eigenvalue weighted by atomic mass is 10.0. The molecule has 1 aromatic heterocycles. The first-order chi connectivity index (χ1) is 11.0. The van der Waals surface area contributed by atoms with E-state index in [0.717, 1.165) is 42.6 Å². The van der Waals surface area contributed by atoms with E-state index in [1.54, 1.807) is 4.68 Å². The minimum absolute atomic E-state index is 0.00196. The highest BCUT2D eigenvalue weighted by Gasteiger charge is 2.30. The fraction of sp³-hybridized carbons (Fsp3) is 0.500. The van der Waals surface area contributed by atoms with Crippen molar-refractivity contribution in [2.24, 2.45) is 7.05 Å². The number of nitrogens with zero attached hydrogens (tertiary/aromatic N) is 2. The quantitative estimate of drug-likeness (QED) is 0.886. The number of hydrogen-bond donors (Lipinski definition) is 2. The van der Waals surface area contributed by atoms with Crippen molar-refractivity contribution in [3.8, 4) is 5.69 Å². The standard InChI is InChI=1S/C18H25N3O2/c1-14-16(12-19-13-18(23)10-6-7-11-18)17(22)21(20(14)2)15-8-4-3-5-9-15/h3-5,8-9,19,23H,6-7,10-13H2,1-2H3. The maximum atomic E-state index is 12.8. The Bertz CT molecular complexity index is 725. The summed E-state index contributed by atoms with van der Waals surface area (Å²) < 4.78 is 3.58. The molecule has 1 heterocycles. The molecule has 1 saturated carbocycles. The highest BCUT2D eigenvalue weighted by Crippen LogP contribution is 2.28. The van der Waals surface area contributed by atoms with E-state index in [1.807, 2.05) is 49.0 Å². The van der Waals surface area contributed by atoms with Crippen molar-refractivity contribution in [3.05, 3.63) is 51.9 Å². The van der Waals surface area contributed by atoms with Crippen LogP contribution in [-0.4, -0.2) is 26.6 Å². The SMILES string of the molecule is Cc1c(CNCC2(O)CCCC2)c(=O)n(-c2ccccc2)n1C. The lowest BCUT2D eigenvalue weighted by molar-refractivity contribution is 0.0474. The van der Waals surface area contributed by atoms with Crippen LogP contribution in [0.5, 0.6) is 0 Å². The number of hydrogen-bond acceptors (Lipinski definition) is 3. The summed E-state index contributed by atoms with van der Waals surface area (Å²) in [6.45, 7) is 2.99. The minimum Gasteiger partial charge on any atom is -0.389 e. The topological polar surface area (TPSA) is 59.2 Å². The molecule has 2 N–H and O–H groups in total. The van der Waals surface area contributed by atoms with E-state index in [4.69, 9.17) is 0 Å². The van der Waals surface area contributed by atoms with Crippen LogP contribution in [0.25, 0.3) is 5.69 Å². The van der Waals surface area contributed by atoms with Gasteiger partial charge in [0.25, 0.3) is 5.56 Å². The average Bonchev–Trinajstić information content (AvgIpc) is 3.06. The summed E-state index contributed by atoms with van der Waals surface area (Å²) >= 11 is 0. The normalized spacial score (nSPS) is 16.8. The second-order valence-electron chi connectivity index (χ2n) is 6.58. The molecule has 1 aliphatic carbocycles. The Labute approximate surface area is 136 Å². The Morgan fingerprint density at radius 2 is 1.87 bits per heavy atom. The Morgan fingerprint density at radius 1 is 1.22 bits per heavy atom. The number of aliphatic hydroxyl groups is 1. The van der Waals surface area contributed by atoms with Gasteiger partial charge in [-0.3, -0.25) is 9.48 Å². The Hall–Kier alpha value is -1.85. The molecule has 0 amide bonds. The zero-order chi connectivity index (χ0) is 16.4. The monoisotopic (exact) mass is 315 g/mol. The molecule has 5 heteroatoms. The highest BCUT2D eigenvalue weighted by molar-refractivity contribution is 5.33. The third-order valence-corrected chi connectivity index (χ3v) is 4.96. The fourth-order valence-electron chi connectivity index (χ4n) is 3.46. The molecule has 0 unspecified atom stereocenters. The fourth-order valence-corrected chi connectivity index (χ4v) is 3.46. The van der Waals surface area contributed by atoms with Crippen molar-refractivity contribution in [1.29, 1.82) is 0 Å². The first-order valence-corrected chi connectivity index (χ1v) is 8.28. The van der Waals surface area contributed by atoms with Gasteiger partial charge in [-0.1, -0.05) is 31.0 Å². The van der Waals surface area contributed by atoms with Gasteiger partial charge >= 0.3 is 0 Å². The van der Waals surface area contributed by atoms with Crippen molar-refractivity contribution >= 4 is 0 Å². The van der Waals surface area contributed by atoms with Crippen molar-refractivity contribution in [2.45, 2.75) is 44.8 Å². The van der Waals surface area contributed by atoms with Gasteiger partial charge < -0.3 is 10.4 Å². The molecule has 1 fully saturated rings. The van der Waals surface area contributed by atoms with Crippen LogP contribution in [0.4, 0.5) is 0 Å². The van der Waals surface area contributed by atoms with Gasteiger partial charge in [0, 0.05) is 25.8 Å². The van der Waals surface area contributed by atoms with Gasteiger partial charge in [0.15, 0.2) is 0 Å². The van der Waals surface area contributed by atoms with Crippen molar-refractivity contribution in [2.75, 3.05) is 6.54 Å². The van der Waals surface area contributed by atoms with Crippen molar-refractivity contribution < 1.29 is 5.11 Å². The summed E-state index contributed by atoms with van der Waals surface area (Å²) in [6.07, 6.45) is 3.87. The number of para-hydroxylation sites is 1. The first-order valence-electron chi connectivity index (χ1n) is 8.28. The van der Waals surface area contributed by atoms with E-state index in [9.17, 15) is 9.90 Å². The van der Waals surface area contributed by atoms with Gasteiger partial charge in [-0.15, -0.1) is 0 Å². The molecular weight excluding hydrogens is 290 g/mol. The minimum atomic E-state index is -0.596. The molecule has 0 spiro atoms. The van der Waals surface area contributed by atoms with Gasteiger partial charge in [0.05, 0.1) is 16.9 Å². The van der Waals surface area contributed by atoms with Gasteiger partial charge in [-0.2, -0.15) is 0 Å². The Kier molecular flexibility index (Phi) is 4.41. The van der Waals surface area contributed by atoms with E-state index < -0.39 is 5.60 Å². The Morgan fingerprint density at radius 3 is 2.52 bits per heavy atom. The van der Waals surface area contributed by atoms with E-state index in [0.29, 0.717) is 13.1 Å². The molecule has 0 aliphatic heterocycles. The first kappa shape index (κ1) is 16.0. The van der Waals surface area contributed by atoms with Gasteiger partial charge in [-0.25, -0.2) is 4.68 Å². The Balaban J connectivity index is 1.79. The summed E-state index contributed by atoms with van der Waals surface area (Å²) in [7, 11) is 1.90. The highest BCUT2D eigenvalue weighted by atomic mass is 16.3. The number of aromatic nitrogens is 2. The molecule has 0 saturated heterocycles. The van der Waals surface area contributed by atoms with Crippen LogP contribution >= 0.6 is 0 Å². The second kappa shape index (κ2) is 6.34. The number of nitrogens with one attached hydrogen (secondary N) is 1. The molecule has 2 aromatic rings. The molecule has 1 aromatic carbocycles. The van der Waals surface area contributed by atoms with Gasteiger partial charge in [-0.05, 0) is 31.9 Å². The predicted molar refractivity (Wildman–Crippen MR) is 90.9 cm³/mol. The molecule has 23 heavy (non-hydrogen) atoms. The van der Waals surface area contributed by atoms with Crippen LogP contribution in [0.2, 0.25) is 0 Å². The third kappa shape index (κ3) is 3.12. The summed E-state index contributed by atoms with van der Waals surface area (Å²) in [6, 6.07) is 9.66. The van der Waals surface area contributed by atoms with Crippen molar-refractivity contribution in [3.63, 3.8) is 0 Å².